The van der Waals surface area contributed by atoms with Crippen molar-refractivity contribution in [2.24, 2.45) is 0 Å². The van der Waals surface area contributed by atoms with Crippen LogP contribution in [0.1, 0.15) is 0 Å². The lowest BCUT2D eigenvalue weighted by molar-refractivity contribution is 0.589. The zero-order chi connectivity index (χ0) is 20.3. The van der Waals surface area contributed by atoms with E-state index in [2.05, 4.69) is 66.7 Å². The van der Waals surface area contributed by atoms with Gasteiger partial charge in [-0.3, -0.25) is 4.31 Å². The molecule has 0 amide bonds. The average molecular weight is 418 g/mol. The molecule has 30 heavy (non-hydrogen) atoms. The molecule has 1 fully saturated rings. The number of fused-ring (bicyclic) bond motifs is 3. The number of anilines is 4. The zero-order valence-corrected chi connectivity index (χ0v) is 17.4. The van der Waals surface area contributed by atoms with Crippen LogP contribution in [0.25, 0.3) is 11.3 Å². The minimum Gasteiger partial charge on any atom is -0.369 e. The molecule has 0 saturated carbocycles. The summed E-state index contributed by atoms with van der Waals surface area (Å²) >= 11 is 1.59. The average Bonchev–Trinajstić information content (AvgIpc) is 2.81. The fourth-order valence-electron chi connectivity index (χ4n) is 3.68. The molecule has 2 aromatic heterocycles. The molecule has 4 heterocycles. The molecule has 8 heteroatoms. The monoisotopic (exact) mass is 417 g/mol. The minimum atomic E-state index is 0.580. The van der Waals surface area contributed by atoms with Crippen LogP contribution in [-0.4, -0.2) is 47.7 Å². The van der Waals surface area contributed by atoms with Gasteiger partial charge in [-0.2, -0.15) is 0 Å². The molecule has 2 aliphatic heterocycles. The number of piperazine rings is 1. The van der Waals surface area contributed by atoms with Crippen LogP contribution in [0.4, 0.5) is 23.1 Å². The Bertz CT molecular complexity index is 1050. The topological polar surface area (TPSA) is 69.2 Å². The van der Waals surface area contributed by atoms with E-state index in [1.165, 1.54) is 5.69 Å². The molecule has 5 rings (SSSR count). The molecule has 2 aliphatic rings. The zero-order valence-electron chi connectivity index (χ0n) is 16.6. The van der Waals surface area contributed by atoms with Crippen LogP contribution in [-0.2, 0) is 0 Å². The SMILES string of the molecule is C=CCN1Sc2cnc(Nc3ccc(N4CCNCC4)cc3)nc2-c2cccnc21. The first-order valence-corrected chi connectivity index (χ1v) is 10.8. The first-order valence-electron chi connectivity index (χ1n) is 10.0. The van der Waals surface area contributed by atoms with E-state index in [0.717, 1.165) is 53.8 Å². The van der Waals surface area contributed by atoms with Crippen molar-refractivity contribution < 1.29 is 0 Å². The predicted octanol–water partition coefficient (Wildman–Crippen LogP) is 3.70. The molecule has 0 radical (unpaired) electrons. The molecule has 0 aliphatic carbocycles. The summed E-state index contributed by atoms with van der Waals surface area (Å²) in [7, 11) is 0. The molecule has 0 spiro atoms. The lowest BCUT2D eigenvalue weighted by Gasteiger charge is -2.29. The van der Waals surface area contributed by atoms with Crippen molar-refractivity contribution in [1.82, 2.24) is 20.3 Å². The van der Waals surface area contributed by atoms with Gasteiger partial charge in [0.25, 0.3) is 0 Å². The van der Waals surface area contributed by atoms with Crippen molar-refractivity contribution >= 4 is 35.1 Å². The van der Waals surface area contributed by atoms with Crippen LogP contribution in [0.5, 0.6) is 0 Å². The maximum absolute atomic E-state index is 4.80. The lowest BCUT2D eigenvalue weighted by Crippen LogP contribution is -2.43. The quantitative estimate of drug-likeness (QED) is 0.481. The second kappa shape index (κ2) is 8.33. The van der Waals surface area contributed by atoms with Crippen molar-refractivity contribution in [2.45, 2.75) is 4.90 Å². The van der Waals surface area contributed by atoms with Crippen molar-refractivity contribution in [1.29, 1.82) is 0 Å². The van der Waals surface area contributed by atoms with Gasteiger partial charge in [0.2, 0.25) is 5.95 Å². The Balaban J connectivity index is 1.38. The molecule has 7 nitrogen and oxygen atoms in total. The molecule has 0 unspecified atom stereocenters. The van der Waals surface area contributed by atoms with Gasteiger partial charge in [-0.25, -0.2) is 15.0 Å². The fourth-order valence-corrected chi connectivity index (χ4v) is 4.67. The second-order valence-corrected chi connectivity index (χ2v) is 8.19. The highest BCUT2D eigenvalue weighted by atomic mass is 32.2. The van der Waals surface area contributed by atoms with Crippen LogP contribution < -0.4 is 19.8 Å². The molecule has 152 valence electrons. The second-order valence-electron chi connectivity index (χ2n) is 7.13. The van der Waals surface area contributed by atoms with Crippen molar-refractivity contribution in [2.75, 3.05) is 47.2 Å². The Labute approximate surface area is 180 Å². The van der Waals surface area contributed by atoms with Crippen molar-refractivity contribution in [3.05, 3.63) is 61.4 Å². The van der Waals surface area contributed by atoms with Gasteiger partial charge >= 0.3 is 0 Å². The van der Waals surface area contributed by atoms with E-state index < -0.39 is 0 Å². The van der Waals surface area contributed by atoms with Gasteiger partial charge in [0.15, 0.2) is 0 Å². The summed E-state index contributed by atoms with van der Waals surface area (Å²) in [5, 5.41) is 6.72. The van der Waals surface area contributed by atoms with E-state index in [-0.39, 0.29) is 0 Å². The van der Waals surface area contributed by atoms with Gasteiger partial charge in [-0.1, -0.05) is 6.08 Å². The Kier molecular flexibility index (Phi) is 5.25. The maximum atomic E-state index is 4.80. The Morgan fingerprint density at radius 3 is 2.77 bits per heavy atom. The minimum absolute atomic E-state index is 0.580. The summed E-state index contributed by atoms with van der Waals surface area (Å²) in [6, 6.07) is 12.4. The predicted molar refractivity (Wildman–Crippen MR) is 123 cm³/mol. The molecule has 3 aromatic rings. The number of nitrogens with one attached hydrogen (secondary N) is 2. The number of benzene rings is 1. The first kappa shape index (κ1) is 18.9. The summed E-state index contributed by atoms with van der Waals surface area (Å²) < 4.78 is 2.11. The fraction of sp³-hybridized carbons (Fsp3) is 0.227. The van der Waals surface area contributed by atoms with E-state index >= 15 is 0 Å². The normalized spacial score (nSPS) is 15.3. The van der Waals surface area contributed by atoms with Crippen LogP contribution >= 0.6 is 11.9 Å². The molecule has 0 atom stereocenters. The number of aromatic nitrogens is 3. The Hall–Kier alpha value is -3.10. The summed E-state index contributed by atoms with van der Waals surface area (Å²) in [6.45, 7) is 8.68. The van der Waals surface area contributed by atoms with Gasteiger partial charge in [0.05, 0.1) is 10.6 Å². The summed E-state index contributed by atoms with van der Waals surface area (Å²) in [5.74, 6) is 1.48. The molecular formula is C22H23N7S. The third-order valence-corrected chi connectivity index (χ3v) is 6.18. The smallest absolute Gasteiger partial charge is 0.227 e. The highest BCUT2D eigenvalue weighted by molar-refractivity contribution is 8.00. The van der Waals surface area contributed by atoms with Gasteiger partial charge in [0.1, 0.15) is 5.82 Å². The number of hydrogen-bond donors (Lipinski definition) is 2. The summed E-state index contributed by atoms with van der Waals surface area (Å²) in [4.78, 5) is 17.3. The highest BCUT2D eigenvalue weighted by Gasteiger charge is 2.25. The standard InChI is InChI=1S/C22H23N7S/c1-2-12-29-21-18(4-3-9-24-21)20-19(30-29)15-25-22(27-20)26-16-5-7-17(8-6-16)28-13-10-23-11-14-28/h2-9,15,23H,1,10-14H2,(H,25,26,27). The van der Waals surface area contributed by atoms with E-state index in [1.54, 1.807) is 18.1 Å². The summed E-state index contributed by atoms with van der Waals surface area (Å²) in [5.41, 5.74) is 4.12. The maximum Gasteiger partial charge on any atom is 0.227 e. The van der Waals surface area contributed by atoms with Crippen LogP contribution in [0, 0.1) is 0 Å². The van der Waals surface area contributed by atoms with Gasteiger partial charge in [0, 0.05) is 62.1 Å². The summed E-state index contributed by atoms with van der Waals surface area (Å²) in [6.07, 6.45) is 5.55. The molecule has 1 saturated heterocycles. The van der Waals surface area contributed by atoms with Crippen molar-refractivity contribution in [3.63, 3.8) is 0 Å². The lowest BCUT2D eigenvalue weighted by atomic mass is 10.1. The Morgan fingerprint density at radius 2 is 1.97 bits per heavy atom. The molecule has 0 bridgehead atoms. The molecular weight excluding hydrogens is 394 g/mol. The van der Waals surface area contributed by atoms with E-state index in [9.17, 15) is 0 Å². The van der Waals surface area contributed by atoms with Crippen LogP contribution in [0.2, 0.25) is 0 Å². The third kappa shape index (κ3) is 3.71. The third-order valence-electron chi connectivity index (χ3n) is 5.14. The molecule has 1 aromatic carbocycles. The number of pyridine rings is 1. The van der Waals surface area contributed by atoms with E-state index in [0.29, 0.717) is 12.5 Å². The van der Waals surface area contributed by atoms with Gasteiger partial charge < -0.3 is 15.5 Å². The van der Waals surface area contributed by atoms with Gasteiger partial charge in [-0.05, 0) is 48.3 Å². The first-order chi connectivity index (χ1) is 14.8. The van der Waals surface area contributed by atoms with E-state index in [4.69, 9.17) is 4.98 Å². The van der Waals surface area contributed by atoms with Gasteiger partial charge in [-0.15, -0.1) is 6.58 Å². The number of hydrogen-bond acceptors (Lipinski definition) is 8. The van der Waals surface area contributed by atoms with Crippen LogP contribution in [0.3, 0.4) is 0 Å². The van der Waals surface area contributed by atoms with Crippen molar-refractivity contribution in [3.8, 4) is 11.3 Å². The largest absolute Gasteiger partial charge is 0.369 e. The van der Waals surface area contributed by atoms with Crippen LogP contribution in [0.15, 0.2) is 66.3 Å². The molecule has 2 N–H and O–H groups in total. The highest BCUT2D eigenvalue weighted by Crippen LogP contribution is 2.44. The number of rotatable bonds is 5. The van der Waals surface area contributed by atoms with E-state index in [1.807, 2.05) is 18.3 Å². The number of nitrogens with zero attached hydrogens (tertiary/aromatic N) is 5. The Morgan fingerprint density at radius 1 is 1.13 bits per heavy atom.